The molecule has 0 bridgehead atoms. The SMILES string of the molecule is O=C(CCNC(c1ccccc1)(c1ccccc1)c1ccccc1)OC(c1ccccc1)(c1ccccc1)c1ccccc1. The van der Waals surface area contributed by atoms with E-state index in [2.05, 4.69) is 78.1 Å². The fourth-order valence-corrected chi connectivity index (χ4v) is 6.14. The van der Waals surface area contributed by atoms with Crippen molar-refractivity contribution in [3.63, 3.8) is 0 Å². The summed E-state index contributed by atoms with van der Waals surface area (Å²) in [6.07, 6.45) is 0.169. The van der Waals surface area contributed by atoms with Crippen LogP contribution in [0.1, 0.15) is 39.8 Å². The van der Waals surface area contributed by atoms with Crippen LogP contribution < -0.4 is 5.32 Å². The van der Waals surface area contributed by atoms with Crippen molar-refractivity contribution >= 4 is 5.97 Å². The van der Waals surface area contributed by atoms with Crippen molar-refractivity contribution in [3.05, 3.63) is 215 Å². The summed E-state index contributed by atoms with van der Waals surface area (Å²) in [5.74, 6) is -0.294. The molecule has 1 N–H and O–H groups in total. The van der Waals surface area contributed by atoms with Crippen LogP contribution in [0.25, 0.3) is 0 Å². The minimum Gasteiger partial charge on any atom is -0.444 e. The van der Waals surface area contributed by atoms with Gasteiger partial charge in [0.1, 0.15) is 0 Å². The summed E-state index contributed by atoms with van der Waals surface area (Å²) in [5, 5.41) is 3.82. The van der Waals surface area contributed by atoms with Gasteiger partial charge >= 0.3 is 5.97 Å². The van der Waals surface area contributed by atoms with Gasteiger partial charge in [0.25, 0.3) is 0 Å². The van der Waals surface area contributed by atoms with E-state index in [0.717, 1.165) is 33.4 Å². The van der Waals surface area contributed by atoms with Crippen LogP contribution in [0.3, 0.4) is 0 Å². The number of carbonyl (C=O) groups is 1. The average molecular weight is 574 g/mol. The molecule has 216 valence electrons. The highest BCUT2D eigenvalue weighted by atomic mass is 16.6. The van der Waals surface area contributed by atoms with Gasteiger partial charge in [-0.15, -0.1) is 0 Å². The first-order valence-electron chi connectivity index (χ1n) is 15.0. The molecule has 3 heteroatoms. The van der Waals surface area contributed by atoms with E-state index in [4.69, 9.17) is 4.74 Å². The Bertz CT molecular complexity index is 1550. The first kappa shape index (κ1) is 28.9. The molecule has 0 aliphatic carbocycles. The Morgan fingerprint density at radius 2 is 0.705 bits per heavy atom. The molecule has 6 aromatic rings. The second kappa shape index (κ2) is 13.4. The zero-order valence-corrected chi connectivity index (χ0v) is 24.6. The summed E-state index contributed by atoms with van der Waals surface area (Å²) in [6, 6.07) is 61.2. The van der Waals surface area contributed by atoms with Crippen molar-refractivity contribution in [2.75, 3.05) is 6.54 Å². The molecule has 0 radical (unpaired) electrons. The third kappa shape index (κ3) is 5.70. The lowest BCUT2D eigenvalue weighted by Gasteiger charge is -2.38. The third-order valence-corrected chi connectivity index (χ3v) is 8.15. The maximum atomic E-state index is 14.0. The summed E-state index contributed by atoms with van der Waals surface area (Å²) >= 11 is 0. The van der Waals surface area contributed by atoms with Crippen LogP contribution in [-0.4, -0.2) is 12.5 Å². The molecule has 6 aromatic carbocycles. The summed E-state index contributed by atoms with van der Waals surface area (Å²) in [4.78, 5) is 14.0. The molecule has 0 fully saturated rings. The van der Waals surface area contributed by atoms with Crippen LogP contribution in [0.15, 0.2) is 182 Å². The lowest BCUT2D eigenvalue weighted by atomic mass is 9.77. The van der Waals surface area contributed by atoms with Crippen LogP contribution in [0, 0.1) is 0 Å². The van der Waals surface area contributed by atoms with Crippen LogP contribution >= 0.6 is 0 Å². The summed E-state index contributed by atoms with van der Waals surface area (Å²) in [6.45, 7) is 0.395. The maximum absolute atomic E-state index is 14.0. The monoisotopic (exact) mass is 573 g/mol. The Kier molecular flexibility index (Phi) is 8.77. The normalized spacial score (nSPS) is 11.5. The summed E-state index contributed by atoms with van der Waals surface area (Å²) in [7, 11) is 0. The standard InChI is InChI=1S/C41H35NO2/c43-39(44-41(36-25-13-4-14-26-36,37-27-15-5-16-28-37)38-29-17-6-18-30-38)31-32-42-40(33-19-7-1-8-20-33,34-21-9-2-10-22-34)35-23-11-3-12-24-35/h1-30,42H,31-32H2. The van der Waals surface area contributed by atoms with Gasteiger partial charge in [-0.3, -0.25) is 10.1 Å². The number of nitrogens with one attached hydrogen (secondary N) is 1. The zero-order chi connectivity index (χ0) is 30.1. The molecule has 6 rings (SSSR count). The van der Waals surface area contributed by atoms with Gasteiger partial charge in [-0.1, -0.05) is 182 Å². The quantitative estimate of drug-likeness (QED) is 0.125. The first-order chi connectivity index (χ1) is 21.7. The highest BCUT2D eigenvalue weighted by Crippen LogP contribution is 2.41. The molecule has 0 aromatic heterocycles. The van der Waals surface area contributed by atoms with Crippen LogP contribution in [0.4, 0.5) is 0 Å². The van der Waals surface area contributed by atoms with Gasteiger partial charge in [0.15, 0.2) is 5.60 Å². The minimum absolute atomic E-state index is 0.169. The van der Waals surface area contributed by atoms with Gasteiger partial charge in [-0.25, -0.2) is 0 Å². The fraction of sp³-hybridized carbons (Fsp3) is 0.0976. The average Bonchev–Trinajstić information content (AvgIpc) is 3.11. The zero-order valence-electron chi connectivity index (χ0n) is 24.6. The summed E-state index contributed by atoms with van der Waals surface area (Å²) in [5.41, 5.74) is 4.20. The Morgan fingerprint density at radius 3 is 1.00 bits per heavy atom. The molecular formula is C41H35NO2. The van der Waals surface area contributed by atoms with E-state index in [1.807, 2.05) is 109 Å². The molecule has 0 aliphatic heterocycles. The van der Waals surface area contributed by atoms with Gasteiger partial charge < -0.3 is 4.74 Å². The topological polar surface area (TPSA) is 38.3 Å². The van der Waals surface area contributed by atoms with Crippen molar-refractivity contribution in [2.45, 2.75) is 17.6 Å². The van der Waals surface area contributed by atoms with Crippen LogP contribution in [-0.2, 0) is 20.7 Å². The largest absolute Gasteiger partial charge is 0.444 e. The Balaban J connectivity index is 1.36. The molecule has 44 heavy (non-hydrogen) atoms. The minimum atomic E-state index is -1.10. The summed E-state index contributed by atoms with van der Waals surface area (Å²) < 4.78 is 6.65. The van der Waals surface area contributed by atoms with Gasteiger partial charge in [-0.05, 0) is 16.7 Å². The van der Waals surface area contributed by atoms with Crippen LogP contribution in [0.2, 0.25) is 0 Å². The highest BCUT2D eigenvalue weighted by Gasteiger charge is 2.41. The predicted octanol–water partition coefficient (Wildman–Crippen LogP) is 8.49. The molecule has 0 amide bonds. The third-order valence-electron chi connectivity index (χ3n) is 8.15. The highest BCUT2D eigenvalue weighted by molar-refractivity contribution is 5.72. The Morgan fingerprint density at radius 1 is 0.432 bits per heavy atom. The van der Waals surface area contributed by atoms with E-state index in [-0.39, 0.29) is 12.4 Å². The van der Waals surface area contributed by atoms with Gasteiger partial charge in [0.05, 0.1) is 12.0 Å². The lowest BCUT2D eigenvalue weighted by molar-refractivity contribution is -0.153. The molecule has 0 heterocycles. The molecule has 0 unspecified atom stereocenters. The lowest BCUT2D eigenvalue weighted by Crippen LogP contribution is -2.46. The second-order valence-corrected chi connectivity index (χ2v) is 10.8. The van der Waals surface area contributed by atoms with E-state index in [9.17, 15) is 4.79 Å². The number of hydrogen-bond acceptors (Lipinski definition) is 3. The second-order valence-electron chi connectivity index (χ2n) is 10.8. The van der Waals surface area contributed by atoms with Gasteiger partial charge in [-0.2, -0.15) is 0 Å². The van der Waals surface area contributed by atoms with Crippen molar-refractivity contribution < 1.29 is 9.53 Å². The number of hydrogen-bond donors (Lipinski definition) is 1. The molecule has 0 saturated heterocycles. The molecular weight excluding hydrogens is 538 g/mol. The van der Waals surface area contributed by atoms with Crippen LogP contribution in [0.5, 0.6) is 0 Å². The number of ether oxygens (including phenoxy) is 1. The first-order valence-corrected chi connectivity index (χ1v) is 15.0. The number of benzene rings is 6. The van der Waals surface area contributed by atoms with Crippen molar-refractivity contribution in [1.82, 2.24) is 5.32 Å². The predicted molar refractivity (Wildman–Crippen MR) is 177 cm³/mol. The van der Waals surface area contributed by atoms with Gasteiger partial charge in [0, 0.05) is 23.2 Å². The van der Waals surface area contributed by atoms with Crippen molar-refractivity contribution in [2.24, 2.45) is 0 Å². The smallest absolute Gasteiger partial charge is 0.308 e. The molecule has 0 spiro atoms. The van der Waals surface area contributed by atoms with Gasteiger partial charge in [0.2, 0.25) is 0 Å². The van der Waals surface area contributed by atoms with E-state index in [1.165, 1.54) is 0 Å². The van der Waals surface area contributed by atoms with Crippen molar-refractivity contribution in [3.8, 4) is 0 Å². The number of carbonyl (C=O) groups excluding carboxylic acids is 1. The van der Waals surface area contributed by atoms with Crippen molar-refractivity contribution in [1.29, 1.82) is 0 Å². The van der Waals surface area contributed by atoms with E-state index in [0.29, 0.717) is 6.54 Å². The number of rotatable bonds is 11. The fourth-order valence-electron chi connectivity index (χ4n) is 6.14. The van der Waals surface area contributed by atoms with E-state index < -0.39 is 11.1 Å². The molecule has 0 saturated carbocycles. The molecule has 3 nitrogen and oxygen atoms in total. The maximum Gasteiger partial charge on any atom is 0.308 e. The molecule has 0 aliphatic rings. The Labute approximate surface area is 259 Å². The number of esters is 1. The molecule has 0 atom stereocenters. The Hall–Kier alpha value is -5.25. The van der Waals surface area contributed by atoms with E-state index >= 15 is 0 Å². The van der Waals surface area contributed by atoms with E-state index in [1.54, 1.807) is 0 Å².